The Bertz CT molecular complexity index is 1120. The number of hydrogen-bond donors (Lipinski definition) is 2. The van der Waals surface area contributed by atoms with Gasteiger partial charge in [-0.2, -0.15) is 13.2 Å². The molecular weight excluding hydrogens is 447 g/mol. The predicted octanol–water partition coefficient (Wildman–Crippen LogP) is 5.57. The van der Waals surface area contributed by atoms with Gasteiger partial charge in [-0.05, 0) is 48.9 Å². The molecule has 0 saturated heterocycles. The average molecular weight is 471 g/mol. The fourth-order valence-electron chi connectivity index (χ4n) is 3.26. The smallest absolute Gasteiger partial charge is 0.416 e. The number of nitrogens with zero attached hydrogens (tertiary/aromatic N) is 1. The average Bonchev–Trinajstić information content (AvgIpc) is 2.84. The molecule has 0 aromatic heterocycles. The summed E-state index contributed by atoms with van der Waals surface area (Å²) in [6, 6.07) is 19.8. The second kappa shape index (κ2) is 11.2. The number of benzene rings is 3. The molecule has 0 aliphatic rings. The van der Waals surface area contributed by atoms with Gasteiger partial charge in [0, 0.05) is 24.3 Å². The number of methoxy groups -OCH3 is 1. The van der Waals surface area contributed by atoms with Crippen LogP contribution in [0.4, 0.5) is 29.3 Å². The van der Waals surface area contributed by atoms with Crippen LogP contribution in [0, 0.1) is 0 Å². The zero-order valence-corrected chi connectivity index (χ0v) is 18.4. The van der Waals surface area contributed by atoms with E-state index in [9.17, 15) is 22.8 Å². The van der Waals surface area contributed by atoms with Crippen molar-refractivity contribution < 1.29 is 27.5 Å². The van der Waals surface area contributed by atoms with Crippen LogP contribution in [-0.4, -0.2) is 32.1 Å². The van der Waals surface area contributed by atoms with Gasteiger partial charge in [-0.3, -0.25) is 9.69 Å². The van der Waals surface area contributed by atoms with Crippen LogP contribution in [0.1, 0.15) is 22.3 Å². The van der Waals surface area contributed by atoms with Crippen molar-refractivity contribution in [2.75, 3.05) is 30.4 Å². The van der Waals surface area contributed by atoms with E-state index >= 15 is 0 Å². The van der Waals surface area contributed by atoms with Crippen LogP contribution in [0.2, 0.25) is 0 Å². The highest BCUT2D eigenvalue weighted by Crippen LogP contribution is 2.29. The maximum Gasteiger partial charge on any atom is 0.416 e. The minimum absolute atomic E-state index is 0.0799. The summed E-state index contributed by atoms with van der Waals surface area (Å²) in [5.41, 5.74) is 0.194. The molecule has 6 nitrogen and oxygen atoms in total. The van der Waals surface area contributed by atoms with Crippen molar-refractivity contribution in [2.24, 2.45) is 0 Å². The molecule has 0 aliphatic heterocycles. The molecule has 0 fully saturated rings. The highest BCUT2D eigenvalue weighted by Gasteiger charge is 2.30. The zero-order valence-electron chi connectivity index (χ0n) is 18.4. The van der Waals surface area contributed by atoms with Crippen molar-refractivity contribution in [3.8, 4) is 5.75 Å². The monoisotopic (exact) mass is 471 g/mol. The second-order valence-electron chi connectivity index (χ2n) is 7.31. The summed E-state index contributed by atoms with van der Waals surface area (Å²) >= 11 is 0. The molecule has 0 heterocycles. The zero-order chi connectivity index (χ0) is 24.6. The molecule has 3 aromatic rings. The molecule has 0 unspecified atom stereocenters. The highest BCUT2D eigenvalue weighted by atomic mass is 19.4. The van der Waals surface area contributed by atoms with E-state index in [4.69, 9.17) is 4.74 Å². The number of rotatable bonds is 8. The van der Waals surface area contributed by atoms with E-state index in [1.54, 1.807) is 48.5 Å². The number of carbonyl (C=O) groups excluding carboxylic acids is 2. The van der Waals surface area contributed by atoms with Crippen molar-refractivity contribution >= 4 is 23.3 Å². The number of para-hydroxylation sites is 3. The maximum atomic E-state index is 13.0. The van der Waals surface area contributed by atoms with Crippen molar-refractivity contribution in [3.05, 3.63) is 90.0 Å². The number of alkyl halides is 3. The number of carbonyl (C=O) groups is 2. The van der Waals surface area contributed by atoms with Crippen LogP contribution in [-0.2, 0) is 6.18 Å². The molecule has 9 heteroatoms. The first-order valence-electron chi connectivity index (χ1n) is 10.5. The molecule has 34 heavy (non-hydrogen) atoms. The predicted molar refractivity (Wildman–Crippen MR) is 124 cm³/mol. The van der Waals surface area contributed by atoms with Gasteiger partial charge in [0.05, 0.1) is 18.4 Å². The lowest BCUT2D eigenvalue weighted by molar-refractivity contribution is -0.137. The van der Waals surface area contributed by atoms with E-state index in [0.717, 1.165) is 12.1 Å². The van der Waals surface area contributed by atoms with E-state index in [-0.39, 0.29) is 24.7 Å². The van der Waals surface area contributed by atoms with Gasteiger partial charge in [-0.25, -0.2) is 4.79 Å². The van der Waals surface area contributed by atoms with Crippen molar-refractivity contribution in [2.45, 2.75) is 12.6 Å². The third-order valence-electron chi connectivity index (χ3n) is 4.96. The Hall–Kier alpha value is -4.01. The van der Waals surface area contributed by atoms with Crippen LogP contribution >= 0.6 is 0 Å². The number of anilines is 2. The van der Waals surface area contributed by atoms with Gasteiger partial charge in [0.2, 0.25) is 0 Å². The van der Waals surface area contributed by atoms with Gasteiger partial charge < -0.3 is 15.4 Å². The molecule has 0 bridgehead atoms. The molecule has 0 saturated carbocycles. The first kappa shape index (κ1) is 24.6. The van der Waals surface area contributed by atoms with E-state index in [0.29, 0.717) is 23.5 Å². The quantitative estimate of drug-likeness (QED) is 0.422. The number of halogens is 3. The van der Waals surface area contributed by atoms with Gasteiger partial charge in [-0.15, -0.1) is 0 Å². The molecule has 0 aliphatic carbocycles. The molecule has 2 N–H and O–H groups in total. The summed E-state index contributed by atoms with van der Waals surface area (Å²) < 4.78 is 43.9. The molecule has 178 valence electrons. The highest BCUT2D eigenvalue weighted by molar-refractivity contribution is 6.02. The van der Waals surface area contributed by atoms with Gasteiger partial charge in [0.1, 0.15) is 5.75 Å². The largest absolute Gasteiger partial charge is 0.495 e. The molecule has 3 aromatic carbocycles. The summed E-state index contributed by atoms with van der Waals surface area (Å²) in [5, 5.41) is 5.43. The van der Waals surface area contributed by atoms with Gasteiger partial charge in [-0.1, -0.05) is 36.4 Å². The van der Waals surface area contributed by atoms with Crippen molar-refractivity contribution in [1.82, 2.24) is 5.32 Å². The Kier molecular flexibility index (Phi) is 8.13. The van der Waals surface area contributed by atoms with Gasteiger partial charge in [0.15, 0.2) is 0 Å². The Balaban J connectivity index is 1.63. The first-order valence-corrected chi connectivity index (χ1v) is 10.5. The molecule has 0 atom stereocenters. The van der Waals surface area contributed by atoms with Crippen LogP contribution in [0.25, 0.3) is 0 Å². The van der Waals surface area contributed by atoms with Crippen molar-refractivity contribution in [1.29, 1.82) is 0 Å². The Morgan fingerprint density at radius 2 is 1.65 bits per heavy atom. The Labute approximate surface area is 195 Å². The lowest BCUT2D eigenvalue weighted by atomic mass is 10.1. The van der Waals surface area contributed by atoms with E-state index in [1.807, 2.05) is 6.07 Å². The topological polar surface area (TPSA) is 70.7 Å². The number of urea groups is 1. The van der Waals surface area contributed by atoms with Crippen LogP contribution in [0.5, 0.6) is 5.75 Å². The fourth-order valence-corrected chi connectivity index (χ4v) is 3.26. The lowest BCUT2D eigenvalue weighted by Gasteiger charge is -2.24. The summed E-state index contributed by atoms with van der Waals surface area (Å²) in [4.78, 5) is 26.8. The normalized spacial score (nSPS) is 10.9. The van der Waals surface area contributed by atoms with E-state index < -0.39 is 17.6 Å². The third-order valence-corrected chi connectivity index (χ3v) is 4.96. The fraction of sp³-hybridized carbons (Fsp3) is 0.200. The molecule has 3 amide bonds. The molecule has 0 radical (unpaired) electrons. The minimum Gasteiger partial charge on any atom is -0.495 e. The van der Waals surface area contributed by atoms with Crippen molar-refractivity contribution in [3.63, 3.8) is 0 Å². The van der Waals surface area contributed by atoms with Crippen LogP contribution in [0.3, 0.4) is 0 Å². The Morgan fingerprint density at radius 3 is 2.35 bits per heavy atom. The van der Waals surface area contributed by atoms with Crippen LogP contribution < -0.4 is 20.3 Å². The summed E-state index contributed by atoms with van der Waals surface area (Å²) in [6.45, 7) is 0.425. The molecule has 3 rings (SSSR count). The van der Waals surface area contributed by atoms with Gasteiger partial charge in [0.25, 0.3) is 5.91 Å². The SMILES string of the molecule is COc1ccccc1NC(=O)N(CCCNC(=O)c1cccc(C(F)(F)F)c1)c1ccccc1. The second-order valence-corrected chi connectivity index (χ2v) is 7.31. The summed E-state index contributed by atoms with van der Waals surface area (Å²) in [7, 11) is 1.51. The van der Waals surface area contributed by atoms with E-state index in [1.165, 1.54) is 24.1 Å². The number of ether oxygens (including phenoxy) is 1. The van der Waals surface area contributed by atoms with Gasteiger partial charge >= 0.3 is 12.2 Å². The molecular formula is C25H24F3N3O3. The van der Waals surface area contributed by atoms with Crippen LogP contribution in [0.15, 0.2) is 78.9 Å². The third kappa shape index (κ3) is 6.50. The number of hydrogen-bond acceptors (Lipinski definition) is 3. The lowest BCUT2D eigenvalue weighted by Crippen LogP contribution is -2.37. The Morgan fingerprint density at radius 1 is 0.941 bits per heavy atom. The van der Waals surface area contributed by atoms with E-state index in [2.05, 4.69) is 10.6 Å². The summed E-state index contributed by atoms with van der Waals surface area (Å²) in [6.07, 6.45) is -4.15. The molecule has 0 spiro atoms. The first-order chi connectivity index (χ1) is 16.3. The standard InChI is InChI=1S/C25H24F3N3O3/c1-34-22-14-6-5-13-21(22)30-24(33)31(20-11-3-2-4-12-20)16-8-15-29-23(32)18-9-7-10-19(17-18)25(26,27)28/h2-7,9-14,17H,8,15-16H2,1H3,(H,29,32)(H,30,33). The minimum atomic E-state index is -4.53. The number of amides is 3. The summed E-state index contributed by atoms with van der Waals surface area (Å²) in [5.74, 6) is -0.104. The maximum absolute atomic E-state index is 13.0. The number of nitrogens with one attached hydrogen (secondary N) is 2.